The molecule has 7 heteroatoms. The van der Waals surface area contributed by atoms with E-state index in [9.17, 15) is 19.5 Å². The first-order chi connectivity index (χ1) is 23.6. The van der Waals surface area contributed by atoms with Gasteiger partial charge in [0.15, 0.2) is 0 Å². The molecule has 7 rings (SSSR count). The molecular formula is C43H62N2O5. The molecule has 7 nitrogen and oxygen atoms in total. The lowest BCUT2D eigenvalue weighted by Gasteiger charge is -2.73. The number of fused-ring (bicyclic) bond motifs is 7. The summed E-state index contributed by atoms with van der Waals surface area (Å²) in [7, 11) is 0. The molecule has 1 amide bonds. The molecule has 0 radical (unpaired) electrons. The summed E-state index contributed by atoms with van der Waals surface area (Å²) in [5, 5.41) is 13.3. The van der Waals surface area contributed by atoms with E-state index in [-0.39, 0.29) is 51.1 Å². The van der Waals surface area contributed by atoms with Gasteiger partial charge in [0.1, 0.15) is 6.10 Å². The summed E-state index contributed by atoms with van der Waals surface area (Å²) in [6, 6.07) is 3.65. The first-order valence-corrected chi connectivity index (χ1v) is 19.9. The molecule has 6 fully saturated rings. The number of aromatic nitrogens is 1. The Hall–Kier alpha value is -2.70. The predicted octanol–water partition coefficient (Wildman–Crippen LogP) is 9.02. The zero-order valence-corrected chi connectivity index (χ0v) is 31.6. The number of carboxylic acids is 1. The van der Waals surface area contributed by atoms with E-state index in [1.807, 2.05) is 12.1 Å². The Morgan fingerprint density at radius 2 is 1.56 bits per heavy atom. The second-order valence-corrected chi connectivity index (χ2v) is 19.2. The largest absolute Gasteiger partial charge is 0.481 e. The normalized spacial score (nSPS) is 44.8. The van der Waals surface area contributed by atoms with E-state index in [1.54, 1.807) is 12.4 Å². The van der Waals surface area contributed by atoms with Crippen molar-refractivity contribution in [2.45, 2.75) is 143 Å². The highest BCUT2D eigenvalue weighted by Gasteiger charge is 2.71. The zero-order chi connectivity index (χ0) is 35.9. The summed E-state index contributed by atoms with van der Waals surface area (Å²) in [6.45, 7) is 19.3. The van der Waals surface area contributed by atoms with Crippen molar-refractivity contribution >= 4 is 17.8 Å². The standard InChI is InChI=1S/C43H62N2O5/c1-26(2)30-13-20-43(45-36(46)27-16-23-44-24-17-27)22-21-41(6)31(35(30)43)11-12-33-40(5)18-15-34(39(3,4)32(40)14-19-42(33,41)7)50-38(49)29-10-8-9-28(25-29)37(47)48/h16-17,23-24,28-35H,1,8-15,18-22,25H2,2-7H3,(H,45,46)(H,47,48)/t28-,29?,30+,31?,32+,33-,34?,35-,40?,41-,42?,43+/m1/s1. The minimum absolute atomic E-state index is 0.0289. The SMILES string of the molecule is C=C(C)[C@@H]1CC[C@]2(NC(=O)c3ccncc3)CC[C@]3(C)C(CC[C@@H]4C5(C)CCC(OC(=O)C6CCC[C@@H](C(=O)O)C6)C(C)(C)[C@@H]5CCC43C)[C@@H]12. The Balaban J connectivity index is 1.13. The van der Waals surface area contributed by atoms with E-state index in [0.717, 1.165) is 57.8 Å². The first-order valence-electron chi connectivity index (χ1n) is 19.9. The minimum atomic E-state index is -0.786. The number of carbonyl (C=O) groups is 3. The van der Waals surface area contributed by atoms with Gasteiger partial charge in [-0.3, -0.25) is 19.4 Å². The van der Waals surface area contributed by atoms with Crippen molar-refractivity contribution in [3.05, 3.63) is 42.2 Å². The Morgan fingerprint density at radius 1 is 0.840 bits per heavy atom. The van der Waals surface area contributed by atoms with Gasteiger partial charge in [-0.2, -0.15) is 0 Å². The van der Waals surface area contributed by atoms with Gasteiger partial charge in [0, 0.05) is 28.9 Å². The van der Waals surface area contributed by atoms with Crippen molar-refractivity contribution in [2.24, 2.45) is 63.1 Å². The van der Waals surface area contributed by atoms with Gasteiger partial charge >= 0.3 is 11.9 Å². The highest BCUT2D eigenvalue weighted by Crippen LogP contribution is 2.76. The Kier molecular flexibility index (Phi) is 8.90. The van der Waals surface area contributed by atoms with Crippen LogP contribution in [0.15, 0.2) is 36.7 Å². The molecule has 0 saturated heterocycles. The van der Waals surface area contributed by atoms with Crippen molar-refractivity contribution in [2.75, 3.05) is 0 Å². The molecule has 274 valence electrons. The number of allylic oxidation sites excluding steroid dienone is 1. The molecule has 6 aliphatic carbocycles. The van der Waals surface area contributed by atoms with Crippen LogP contribution < -0.4 is 5.32 Å². The van der Waals surface area contributed by atoms with E-state index < -0.39 is 11.9 Å². The molecule has 1 aromatic rings. The number of esters is 1. The quantitative estimate of drug-likeness (QED) is 0.229. The van der Waals surface area contributed by atoms with Gasteiger partial charge in [-0.1, -0.05) is 53.2 Å². The third-order valence-corrected chi connectivity index (χ3v) is 16.9. The number of aliphatic carboxylic acids is 1. The van der Waals surface area contributed by atoms with Crippen molar-refractivity contribution < 1.29 is 24.2 Å². The van der Waals surface area contributed by atoms with Crippen LogP contribution in [-0.4, -0.2) is 39.6 Å². The van der Waals surface area contributed by atoms with Crippen LogP contribution >= 0.6 is 0 Å². The molecule has 0 bridgehead atoms. The molecule has 0 aromatic carbocycles. The average Bonchev–Trinajstić information content (AvgIpc) is 3.46. The van der Waals surface area contributed by atoms with Crippen LogP contribution in [0.25, 0.3) is 0 Å². The summed E-state index contributed by atoms with van der Waals surface area (Å²) < 4.78 is 6.41. The van der Waals surface area contributed by atoms with Gasteiger partial charge in [-0.25, -0.2) is 0 Å². The lowest BCUT2D eigenvalue weighted by atomic mass is 9.32. The smallest absolute Gasteiger partial charge is 0.309 e. The van der Waals surface area contributed by atoms with Gasteiger partial charge in [-0.05, 0) is 148 Å². The van der Waals surface area contributed by atoms with Gasteiger partial charge in [-0.15, -0.1) is 0 Å². The van der Waals surface area contributed by atoms with Crippen LogP contribution in [0.4, 0.5) is 0 Å². The van der Waals surface area contributed by atoms with Crippen molar-refractivity contribution in [3.8, 4) is 0 Å². The van der Waals surface area contributed by atoms with Crippen LogP contribution in [0.3, 0.4) is 0 Å². The molecule has 50 heavy (non-hydrogen) atoms. The van der Waals surface area contributed by atoms with Crippen LogP contribution in [0, 0.1) is 63.1 Å². The number of amides is 1. The topological polar surface area (TPSA) is 106 Å². The maximum absolute atomic E-state index is 13.7. The summed E-state index contributed by atoms with van der Waals surface area (Å²) in [4.78, 5) is 43.1. The summed E-state index contributed by atoms with van der Waals surface area (Å²) >= 11 is 0. The van der Waals surface area contributed by atoms with Crippen molar-refractivity contribution in [1.29, 1.82) is 0 Å². The maximum atomic E-state index is 13.7. The number of ether oxygens (including phenoxy) is 1. The summed E-state index contributed by atoms with van der Waals surface area (Å²) in [5.41, 5.74) is 2.09. The zero-order valence-electron chi connectivity index (χ0n) is 31.6. The molecule has 2 N–H and O–H groups in total. The predicted molar refractivity (Wildman–Crippen MR) is 194 cm³/mol. The Labute approximate surface area is 300 Å². The first kappa shape index (κ1) is 35.7. The van der Waals surface area contributed by atoms with E-state index in [4.69, 9.17) is 4.74 Å². The van der Waals surface area contributed by atoms with E-state index in [2.05, 4.69) is 58.4 Å². The maximum Gasteiger partial charge on any atom is 0.309 e. The van der Waals surface area contributed by atoms with E-state index in [0.29, 0.717) is 48.0 Å². The van der Waals surface area contributed by atoms with Gasteiger partial charge < -0.3 is 15.2 Å². The molecule has 12 atom stereocenters. The monoisotopic (exact) mass is 686 g/mol. The van der Waals surface area contributed by atoms with Crippen LogP contribution in [0.2, 0.25) is 0 Å². The molecule has 5 unspecified atom stereocenters. The molecule has 0 spiro atoms. The fourth-order valence-corrected chi connectivity index (χ4v) is 14.2. The minimum Gasteiger partial charge on any atom is -0.481 e. The fraction of sp³-hybridized carbons (Fsp3) is 0.767. The Bertz CT molecular complexity index is 1520. The second-order valence-electron chi connectivity index (χ2n) is 19.2. The number of nitrogens with zero attached hydrogens (tertiary/aromatic N) is 1. The lowest BCUT2D eigenvalue weighted by molar-refractivity contribution is -0.246. The third kappa shape index (κ3) is 5.32. The van der Waals surface area contributed by atoms with Gasteiger partial charge in [0.25, 0.3) is 5.91 Å². The van der Waals surface area contributed by atoms with Crippen molar-refractivity contribution in [3.63, 3.8) is 0 Å². The molecule has 1 heterocycles. The summed E-state index contributed by atoms with van der Waals surface area (Å²) in [6.07, 6.45) is 16.7. The number of carboxylic acid groups (broad SMARTS) is 1. The van der Waals surface area contributed by atoms with Gasteiger partial charge in [0.2, 0.25) is 0 Å². The third-order valence-electron chi connectivity index (χ3n) is 16.9. The number of hydrogen-bond donors (Lipinski definition) is 2. The highest BCUT2D eigenvalue weighted by molar-refractivity contribution is 5.94. The molecule has 6 saturated carbocycles. The Morgan fingerprint density at radius 3 is 2.26 bits per heavy atom. The molecular weight excluding hydrogens is 624 g/mol. The number of hydrogen-bond acceptors (Lipinski definition) is 5. The molecule has 6 aliphatic rings. The number of nitrogens with one attached hydrogen (secondary N) is 1. The second kappa shape index (κ2) is 12.5. The lowest BCUT2D eigenvalue weighted by Crippen LogP contribution is -2.69. The van der Waals surface area contributed by atoms with Crippen molar-refractivity contribution in [1.82, 2.24) is 10.3 Å². The average molecular weight is 687 g/mol. The van der Waals surface area contributed by atoms with E-state index in [1.165, 1.54) is 24.8 Å². The number of rotatable bonds is 6. The van der Waals surface area contributed by atoms with E-state index >= 15 is 0 Å². The molecule has 1 aromatic heterocycles. The van der Waals surface area contributed by atoms with Gasteiger partial charge in [0.05, 0.1) is 11.8 Å². The summed E-state index contributed by atoms with van der Waals surface area (Å²) in [5.74, 6) is 0.709. The highest BCUT2D eigenvalue weighted by atomic mass is 16.5. The van der Waals surface area contributed by atoms with Crippen LogP contribution in [0.5, 0.6) is 0 Å². The van der Waals surface area contributed by atoms with Crippen LogP contribution in [-0.2, 0) is 14.3 Å². The number of pyridine rings is 1. The fourth-order valence-electron chi connectivity index (χ4n) is 14.2. The number of carbonyl (C=O) groups excluding carboxylic acids is 2. The van der Waals surface area contributed by atoms with Crippen LogP contribution in [0.1, 0.15) is 142 Å². The molecule has 0 aliphatic heterocycles.